The fourth-order valence-corrected chi connectivity index (χ4v) is 1.15. The normalized spacial score (nSPS) is 13.5. The summed E-state index contributed by atoms with van der Waals surface area (Å²) in [6.07, 6.45) is 3.16. The molecule has 0 radical (unpaired) electrons. The van der Waals surface area contributed by atoms with E-state index in [-0.39, 0.29) is 0 Å². The first-order chi connectivity index (χ1) is 6.09. The second-order valence-electron chi connectivity index (χ2n) is 3.11. The van der Waals surface area contributed by atoms with Gasteiger partial charge in [-0.15, -0.1) is 0 Å². The summed E-state index contributed by atoms with van der Waals surface area (Å²) in [6.45, 7) is 3.68. The number of aryl methyl sites for hydroxylation is 1. The molecule has 0 aliphatic heterocycles. The number of aliphatic hydroxyl groups is 1. The third-order valence-corrected chi connectivity index (χ3v) is 2.17. The van der Waals surface area contributed by atoms with Crippen molar-refractivity contribution in [2.24, 2.45) is 0 Å². The highest BCUT2D eigenvalue weighted by Crippen LogP contribution is 2.17. The molecule has 0 bridgehead atoms. The molecule has 1 nitrogen and oxygen atoms in total. The Hall–Kier alpha value is -0.790. The zero-order chi connectivity index (χ0) is 9.84. The predicted molar refractivity (Wildman–Crippen MR) is 56.9 cm³/mol. The average molecular weight is 197 g/mol. The van der Waals surface area contributed by atoms with Gasteiger partial charge in [0.05, 0.1) is 6.10 Å². The molecule has 0 fully saturated rings. The lowest BCUT2D eigenvalue weighted by Gasteiger charge is -1.99. The fourth-order valence-electron chi connectivity index (χ4n) is 0.963. The summed E-state index contributed by atoms with van der Waals surface area (Å²) < 4.78 is 0. The van der Waals surface area contributed by atoms with Crippen LogP contribution in [0.1, 0.15) is 18.1 Å². The van der Waals surface area contributed by atoms with Crippen molar-refractivity contribution in [3.05, 3.63) is 40.4 Å². The van der Waals surface area contributed by atoms with Crippen LogP contribution in [0, 0.1) is 6.92 Å². The topological polar surface area (TPSA) is 20.2 Å². The lowest BCUT2D eigenvalue weighted by atomic mass is 10.1. The quantitative estimate of drug-likeness (QED) is 0.771. The molecule has 0 spiro atoms. The molecule has 1 aromatic carbocycles. The minimum Gasteiger partial charge on any atom is -0.389 e. The van der Waals surface area contributed by atoms with Crippen molar-refractivity contribution in [1.82, 2.24) is 0 Å². The van der Waals surface area contributed by atoms with Crippen molar-refractivity contribution in [2.45, 2.75) is 20.0 Å². The molecule has 0 heterocycles. The maximum atomic E-state index is 9.02. The molecule has 2 heteroatoms. The van der Waals surface area contributed by atoms with Crippen molar-refractivity contribution in [3.63, 3.8) is 0 Å². The molecule has 1 N–H and O–H groups in total. The Labute approximate surface area is 83.7 Å². The summed E-state index contributed by atoms with van der Waals surface area (Å²) in [5, 5.41) is 9.77. The fraction of sp³-hybridized carbons (Fsp3) is 0.273. The van der Waals surface area contributed by atoms with E-state index in [1.165, 1.54) is 0 Å². The van der Waals surface area contributed by atoms with Gasteiger partial charge in [-0.05, 0) is 31.0 Å². The van der Waals surface area contributed by atoms with Gasteiger partial charge in [0.1, 0.15) is 0 Å². The molecule has 0 amide bonds. The zero-order valence-electron chi connectivity index (χ0n) is 7.79. The minimum absolute atomic E-state index is 0.417. The van der Waals surface area contributed by atoms with Crippen molar-refractivity contribution in [1.29, 1.82) is 0 Å². The van der Waals surface area contributed by atoms with Crippen molar-refractivity contribution < 1.29 is 5.11 Å². The van der Waals surface area contributed by atoms with Crippen LogP contribution in [0.5, 0.6) is 0 Å². The van der Waals surface area contributed by atoms with Gasteiger partial charge in [-0.1, -0.05) is 35.9 Å². The number of aliphatic hydroxyl groups excluding tert-OH is 1. The highest BCUT2D eigenvalue weighted by Gasteiger charge is 1.94. The average Bonchev–Trinajstić information content (AvgIpc) is 2.07. The van der Waals surface area contributed by atoms with Gasteiger partial charge in [-0.2, -0.15) is 0 Å². The van der Waals surface area contributed by atoms with Crippen molar-refractivity contribution in [3.8, 4) is 0 Å². The van der Waals surface area contributed by atoms with Crippen LogP contribution in [-0.4, -0.2) is 11.2 Å². The summed E-state index contributed by atoms with van der Waals surface area (Å²) in [6, 6.07) is 5.82. The van der Waals surface area contributed by atoms with Crippen LogP contribution in [-0.2, 0) is 0 Å². The number of hydrogen-bond donors (Lipinski definition) is 1. The molecular weight excluding hydrogens is 184 g/mol. The number of rotatable bonds is 2. The number of benzene rings is 1. The molecule has 13 heavy (non-hydrogen) atoms. The van der Waals surface area contributed by atoms with Crippen molar-refractivity contribution in [2.75, 3.05) is 0 Å². The maximum Gasteiger partial charge on any atom is 0.0696 e. The first kappa shape index (κ1) is 10.3. The van der Waals surface area contributed by atoms with E-state index in [0.717, 1.165) is 16.1 Å². The number of hydrogen-bond acceptors (Lipinski definition) is 1. The van der Waals surface area contributed by atoms with Gasteiger partial charge in [0.15, 0.2) is 0 Å². The molecule has 70 valence electrons. The molecule has 0 aliphatic carbocycles. The summed E-state index contributed by atoms with van der Waals surface area (Å²) in [5.41, 5.74) is 2.08. The first-order valence-corrected chi connectivity index (χ1v) is 4.60. The number of halogens is 1. The maximum absolute atomic E-state index is 9.02. The second-order valence-corrected chi connectivity index (χ2v) is 3.52. The van der Waals surface area contributed by atoms with E-state index in [2.05, 4.69) is 0 Å². The molecule has 0 aromatic heterocycles. The zero-order valence-corrected chi connectivity index (χ0v) is 8.55. The van der Waals surface area contributed by atoms with Crippen LogP contribution in [0.25, 0.3) is 6.08 Å². The van der Waals surface area contributed by atoms with Crippen molar-refractivity contribution >= 4 is 17.7 Å². The summed E-state index contributed by atoms with van der Waals surface area (Å²) in [5.74, 6) is 0. The summed E-state index contributed by atoms with van der Waals surface area (Å²) in [7, 11) is 0. The van der Waals surface area contributed by atoms with Crippen LogP contribution < -0.4 is 0 Å². The van der Waals surface area contributed by atoms with Gasteiger partial charge in [0, 0.05) is 5.02 Å². The van der Waals surface area contributed by atoms with Gasteiger partial charge in [0.25, 0.3) is 0 Å². The van der Waals surface area contributed by atoms with Crippen LogP contribution in [0.3, 0.4) is 0 Å². The molecular formula is C11H13ClO. The van der Waals surface area contributed by atoms with E-state index in [0.29, 0.717) is 0 Å². The Bertz CT molecular complexity index is 316. The Balaban J connectivity index is 2.85. The van der Waals surface area contributed by atoms with Crippen LogP contribution >= 0.6 is 11.6 Å². The van der Waals surface area contributed by atoms with E-state index in [4.69, 9.17) is 16.7 Å². The third-order valence-electron chi connectivity index (χ3n) is 1.76. The van der Waals surface area contributed by atoms with Crippen LogP contribution in [0.2, 0.25) is 5.02 Å². The monoisotopic (exact) mass is 196 g/mol. The molecule has 0 aliphatic rings. The third kappa shape index (κ3) is 3.21. The lowest BCUT2D eigenvalue weighted by molar-refractivity contribution is 0.245. The highest BCUT2D eigenvalue weighted by molar-refractivity contribution is 6.31. The Morgan fingerprint density at radius 2 is 2.15 bits per heavy atom. The van der Waals surface area contributed by atoms with Crippen LogP contribution in [0.4, 0.5) is 0 Å². The van der Waals surface area contributed by atoms with Gasteiger partial charge >= 0.3 is 0 Å². The molecule has 1 unspecified atom stereocenters. The Morgan fingerprint density at radius 1 is 1.46 bits per heavy atom. The van der Waals surface area contributed by atoms with E-state index in [1.807, 2.05) is 31.2 Å². The molecule has 1 rings (SSSR count). The molecule has 1 aromatic rings. The van der Waals surface area contributed by atoms with Crippen LogP contribution in [0.15, 0.2) is 24.3 Å². The summed E-state index contributed by atoms with van der Waals surface area (Å²) in [4.78, 5) is 0. The van der Waals surface area contributed by atoms with Gasteiger partial charge in [-0.25, -0.2) is 0 Å². The van der Waals surface area contributed by atoms with E-state index in [1.54, 1.807) is 13.0 Å². The van der Waals surface area contributed by atoms with Gasteiger partial charge in [0.2, 0.25) is 0 Å². The minimum atomic E-state index is -0.417. The van der Waals surface area contributed by atoms with E-state index in [9.17, 15) is 0 Å². The Kier molecular flexibility index (Phi) is 3.52. The first-order valence-electron chi connectivity index (χ1n) is 4.22. The van der Waals surface area contributed by atoms with E-state index >= 15 is 0 Å². The van der Waals surface area contributed by atoms with E-state index < -0.39 is 6.10 Å². The smallest absolute Gasteiger partial charge is 0.0696 e. The largest absolute Gasteiger partial charge is 0.389 e. The molecule has 0 saturated heterocycles. The lowest BCUT2D eigenvalue weighted by Crippen LogP contribution is -1.91. The van der Waals surface area contributed by atoms with Gasteiger partial charge in [-0.3, -0.25) is 0 Å². The molecule has 0 saturated carbocycles. The SMILES string of the molecule is Cc1ccc(/C=C/C(C)O)cc1Cl. The second kappa shape index (κ2) is 4.45. The molecule has 1 atom stereocenters. The summed E-state index contributed by atoms with van der Waals surface area (Å²) >= 11 is 5.93. The standard InChI is InChI=1S/C11H13ClO/c1-8-3-5-10(7-11(8)12)6-4-9(2)13/h3-7,9,13H,1-2H3/b6-4+. The van der Waals surface area contributed by atoms with Gasteiger partial charge < -0.3 is 5.11 Å². The predicted octanol–water partition coefficient (Wildman–Crippen LogP) is 3.04. The highest BCUT2D eigenvalue weighted by atomic mass is 35.5. The Morgan fingerprint density at radius 3 is 2.69 bits per heavy atom.